The number of fused-ring (bicyclic) bond motifs is 1. The number of ether oxygens (including phenoxy) is 2. The Bertz CT molecular complexity index is 2000. The monoisotopic (exact) mass is 620 g/mol. The van der Waals surface area contributed by atoms with Gasteiger partial charge in [0.05, 0.1) is 44.4 Å². The zero-order valence-electron chi connectivity index (χ0n) is 22.6. The van der Waals surface area contributed by atoms with Crippen LogP contribution in [0.4, 0.5) is 11.4 Å². The second kappa shape index (κ2) is 12.0. The summed E-state index contributed by atoms with van der Waals surface area (Å²) in [5, 5.41) is 23.1. The highest BCUT2D eigenvalue weighted by atomic mass is 35.5. The van der Waals surface area contributed by atoms with Gasteiger partial charge in [0.15, 0.2) is 4.80 Å². The Hall–Kier alpha value is -5.14. The van der Waals surface area contributed by atoms with Crippen LogP contribution >= 0.6 is 22.9 Å². The number of carbonyl (C=O) groups excluding carboxylic acids is 1. The molecule has 0 bridgehead atoms. The van der Waals surface area contributed by atoms with Crippen LogP contribution in [-0.2, 0) is 9.53 Å². The first-order valence-corrected chi connectivity index (χ1v) is 13.9. The minimum absolute atomic E-state index is 0.148. The molecule has 218 valence electrons. The maximum absolute atomic E-state index is 13.8. The first-order chi connectivity index (χ1) is 20.6. The predicted molar refractivity (Wildman–Crippen MR) is 158 cm³/mol. The van der Waals surface area contributed by atoms with E-state index in [4.69, 9.17) is 21.1 Å². The van der Waals surface area contributed by atoms with Crippen molar-refractivity contribution in [3.8, 4) is 11.5 Å². The van der Waals surface area contributed by atoms with Gasteiger partial charge in [-0.2, -0.15) is 0 Å². The largest absolute Gasteiger partial charge is 0.463 e. The van der Waals surface area contributed by atoms with Crippen molar-refractivity contribution in [2.45, 2.75) is 19.9 Å². The molecule has 0 amide bonds. The summed E-state index contributed by atoms with van der Waals surface area (Å²) >= 11 is 7.23. The van der Waals surface area contributed by atoms with Gasteiger partial charge >= 0.3 is 11.7 Å². The molecule has 0 saturated heterocycles. The number of hydrogen-bond acceptors (Lipinski definition) is 10. The standard InChI is InChI=1S/C29H21ClN4O8S/c1-3-41-28(36)25-16(2)31-29-32(26(25)18-7-9-19(30)10-8-18)27(35)24(43-29)14-17-5-4-6-21(13-17)42-23-12-11-20(33(37)38)15-22(23)34(39)40/h4-15,26H,3H2,1-2H3/b24-14-/t26-/m0/s1. The van der Waals surface area contributed by atoms with Crippen LogP contribution < -0.4 is 19.6 Å². The molecule has 5 rings (SSSR count). The Morgan fingerprint density at radius 2 is 1.84 bits per heavy atom. The van der Waals surface area contributed by atoms with Crippen molar-refractivity contribution >= 4 is 46.4 Å². The van der Waals surface area contributed by atoms with E-state index in [1.807, 2.05) is 0 Å². The fourth-order valence-corrected chi connectivity index (χ4v) is 5.72. The van der Waals surface area contributed by atoms with Gasteiger partial charge in [0.25, 0.3) is 11.2 Å². The number of halogens is 1. The van der Waals surface area contributed by atoms with E-state index in [0.717, 1.165) is 29.5 Å². The van der Waals surface area contributed by atoms with Gasteiger partial charge in [-0.05, 0) is 61.4 Å². The van der Waals surface area contributed by atoms with E-state index >= 15 is 0 Å². The summed E-state index contributed by atoms with van der Waals surface area (Å²) in [4.78, 5) is 52.8. The minimum Gasteiger partial charge on any atom is -0.463 e. The third kappa shape index (κ3) is 5.94. The van der Waals surface area contributed by atoms with Crippen molar-refractivity contribution in [3.63, 3.8) is 0 Å². The summed E-state index contributed by atoms with van der Waals surface area (Å²) in [6, 6.07) is 15.6. The van der Waals surface area contributed by atoms with Crippen LogP contribution in [0.25, 0.3) is 6.08 Å². The molecule has 0 spiro atoms. The van der Waals surface area contributed by atoms with Gasteiger partial charge < -0.3 is 9.47 Å². The topological polar surface area (TPSA) is 156 Å². The zero-order valence-corrected chi connectivity index (χ0v) is 24.1. The van der Waals surface area contributed by atoms with Crippen molar-refractivity contribution in [2.75, 3.05) is 6.61 Å². The average molecular weight is 621 g/mol. The van der Waals surface area contributed by atoms with Crippen LogP contribution in [0, 0.1) is 20.2 Å². The van der Waals surface area contributed by atoms with Crippen molar-refractivity contribution in [3.05, 3.63) is 134 Å². The van der Waals surface area contributed by atoms with Gasteiger partial charge in [0.1, 0.15) is 5.75 Å². The lowest BCUT2D eigenvalue weighted by molar-refractivity contribution is -0.394. The van der Waals surface area contributed by atoms with E-state index in [-0.39, 0.29) is 23.7 Å². The van der Waals surface area contributed by atoms with Gasteiger partial charge in [0, 0.05) is 11.1 Å². The molecule has 1 aliphatic rings. The normalized spacial score (nSPS) is 14.6. The molecule has 1 aromatic heterocycles. The number of hydrogen-bond donors (Lipinski definition) is 0. The van der Waals surface area contributed by atoms with E-state index in [0.29, 0.717) is 31.2 Å². The number of nitro benzene ring substituents is 2. The number of nitro groups is 2. The third-order valence-electron chi connectivity index (χ3n) is 6.44. The van der Waals surface area contributed by atoms with Gasteiger partial charge in [-0.15, -0.1) is 0 Å². The van der Waals surface area contributed by atoms with Crippen LogP contribution in [-0.4, -0.2) is 27.0 Å². The lowest BCUT2D eigenvalue weighted by atomic mass is 9.96. The predicted octanol–water partition coefficient (Wildman–Crippen LogP) is 5.06. The fraction of sp³-hybridized carbons (Fsp3) is 0.138. The van der Waals surface area contributed by atoms with Crippen molar-refractivity contribution in [1.82, 2.24) is 4.57 Å². The van der Waals surface area contributed by atoms with Gasteiger partial charge in [-0.25, -0.2) is 9.79 Å². The van der Waals surface area contributed by atoms with E-state index in [2.05, 4.69) is 4.99 Å². The average Bonchev–Trinajstić information content (AvgIpc) is 3.26. The van der Waals surface area contributed by atoms with Crippen LogP contribution in [0.1, 0.15) is 31.0 Å². The third-order valence-corrected chi connectivity index (χ3v) is 7.67. The quantitative estimate of drug-likeness (QED) is 0.150. The van der Waals surface area contributed by atoms with Crippen molar-refractivity contribution < 1.29 is 24.1 Å². The molecule has 0 unspecified atom stereocenters. The highest BCUT2D eigenvalue weighted by molar-refractivity contribution is 7.07. The molecule has 1 atom stereocenters. The van der Waals surface area contributed by atoms with E-state index < -0.39 is 38.8 Å². The van der Waals surface area contributed by atoms with Crippen LogP contribution in [0.15, 0.2) is 87.8 Å². The maximum atomic E-state index is 13.8. The molecule has 3 aromatic carbocycles. The summed E-state index contributed by atoms with van der Waals surface area (Å²) < 4.78 is 12.8. The second-order valence-electron chi connectivity index (χ2n) is 9.19. The number of nitrogens with zero attached hydrogens (tertiary/aromatic N) is 4. The Kier molecular flexibility index (Phi) is 8.19. The number of allylic oxidation sites excluding steroid dienone is 1. The Morgan fingerprint density at radius 1 is 1.09 bits per heavy atom. The molecule has 0 N–H and O–H groups in total. The van der Waals surface area contributed by atoms with Gasteiger partial charge in [-0.1, -0.05) is 47.2 Å². The molecule has 0 aliphatic carbocycles. The molecule has 4 aromatic rings. The highest BCUT2D eigenvalue weighted by Crippen LogP contribution is 2.35. The van der Waals surface area contributed by atoms with Crippen LogP contribution in [0.5, 0.6) is 11.5 Å². The first-order valence-electron chi connectivity index (χ1n) is 12.7. The molecule has 2 heterocycles. The number of non-ortho nitro benzene ring substituents is 1. The lowest BCUT2D eigenvalue weighted by Crippen LogP contribution is -2.39. The Balaban J connectivity index is 1.57. The first kappa shape index (κ1) is 29.4. The SMILES string of the molecule is CCOC(=O)C1=C(C)N=c2s/c(=C\c3cccc(Oc4ccc([N+](=O)[O-])cc4[N+](=O)[O-])c3)c(=O)n2[C@H]1c1ccc(Cl)cc1. The van der Waals surface area contributed by atoms with E-state index in [1.165, 1.54) is 4.57 Å². The molecule has 14 heteroatoms. The summed E-state index contributed by atoms with van der Waals surface area (Å²) in [5.41, 5.74) is 0.445. The molecule has 43 heavy (non-hydrogen) atoms. The number of thiazole rings is 1. The number of esters is 1. The number of benzene rings is 3. The molecule has 0 radical (unpaired) electrons. The number of rotatable bonds is 8. The minimum atomic E-state index is -0.799. The lowest BCUT2D eigenvalue weighted by Gasteiger charge is -2.24. The molecule has 1 aliphatic heterocycles. The summed E-state index contributed by atoms with van der Waals surface area (Å²) in [6.45, 7) is 3.53. The van der Waals surface area contributed by atoms with Gasteiger partial charge in [-0.3, -0.25) is 29.6 Å². The summed E-state index contributed by atoms with van der Waals surface area (Å²) in [6.07, 6.45) is 1.61. The molecule has 0 fully saturated rings. The van der Waals surface area contributed by atoms with Crippen molar-refractivity contribution in [1.29, 1.82) is 0 Å². The smallest absolute Gasteiger partial charge is 0.338 e. The molecule has 12 nitrogen and oxygen atoms in total. The molecule has 0 saturated carbocycles. The number of aromatic nitrogens is 1. The van der Waals surface area contributed by atoms with E-state index in [9.17, 15) is 29.8 Å². The second-order valence-corrected chi connectivity index (χ2v) is 10.6. The highest BCUT2D eigenvalue weighted by Gasteiger charge is 2.33. The Morgan fingerprint density at radius 3 is 2.51 bits per heavy atom. The van der Waals surface area contributed by atoms with Gasteiger partial charge in [0.2, 0.25) is 5.75 Å². The van der Waals surface area contributed by atoms with Crippen LogP contribution in [0.3, 0.4) is 0 Å². The van der Waals surface area contributed by atoms with E-state index in [1.54, 1.807) is 68.5 Å². The molecular weight excluding hydrogens is 600 g/mol. The summed E-state index contributed by atoms with van der Waals surface area (Å²) in [7, 11) is 0. The fourth-order valence-electron chi connectivity index (χ4n) is 4.55. The maximum Gasteiger partial charge on any atom is 0.338 e. The zero-order chi connectivity index (χ0) is 30.8. The Labute approximate surface area is 251 Å². The van der Waals surface area contributed by atoms with Crippen molar-refractivity contribution in [2.24, 2.45) is 4.99 Å². The number of carbonyl (C=O) groups is 1. The van der Waals surface area contributed by atoms with Crippen LogP contribution in [0.2, 0.25) is 5.02 Å². The molecular formula is C29H21ClN4O8S. The summed E-state index contributed by atoms with van der Waals surface area (Å²) in [5.74, 6) is -0.557.